The average Bonchev–Trinajstić information content (AvgIpc) is 3.34. The van der Waals surface area contributed by atoms with Crippen molar-refractivity contribution in [3.63, 3.8) is 0 Å². The van der Waals surface area contributed by atoms with Crippen LogP contribution in [0.4, 0.5) is 5.82 Å². The van der Waals surface area contributed by atoms with Crippen LogP contribution in [0.2, 0.25) is 0 Å². The van der Waals surface area contributed by atoms with E-state index in [-0.39, 0.29) is 24.6 Å². The molecule has 0 aromatic carbocycles. The number of fused-ring (bicyclic) bond motifs is 1. The Bertz CT molecular complexity index is 947. The van der Waals surface area contributed by atoms with Crippen LogP contribution in [0.25, 0.3) is 5.65 Å². The number of amides is 1. The first-order chi connectivity index (χ1) is 12.2. The fourth-order valence-electron chi connectivity index (χ4n) is 3.37. The highest BCUT2D eigenvalue weighted by Gasteiger charge is 2.19. The summed E-state index contributed by atoms with van der Waals surface area (Å²) in [5, 5.41) is 14.2. The molecule has 2 N–H and O–H groups in total. The minimum atomic E-state index is -0.244. The minimum absolute atomic E-state index is 0.162. The first-order valence-corrected chi connectivity index (χ1v) is 8.60. The van der Waals surface area contributed by atoms with Gasteiger partial charge >= 0.3 is 5.69 Å². The summed E-state index contributed by atoms with van der Waals surface area (Å²) in [5.74, 6) is 0.873. The molecular weight excluding hydrogens is 320 g/mol. The largest absolute Gasteiger partial charge is 0.350 e. The molecule has 4 rings (SSSR count). The van der Waals surface area contributed by atoms with Crippen molar-refractivity contribution in [2.24, 2.45) is 0 Å². The maximum absolute atomic E-state index is 12.2. The summed E-state index contributed by atoms with van der Waals surface area (Å²) >= 11 is 0. The second kappa shape index (κ2) is 6.54. The van der Waals surface area contributed by atoms with Gasteiger partial charge in [-0.1, -0.05) is 18.9 Å². The molecule has 0 radical (unpaired) electrons. The van der Waals surface area contributed by atoms with Gasteiger partial charge in [0.1, 0.15) is 0 Å². The topological polar surface area (TPSA) is 97.1 Å². The summed E-state index contributed by atoms with van der Waals surface area (Å²) in [6.07, 6.45) is 6.67. The maximum atomic E-state index is 12.2. The van der Waals surface area contributed by atoms with Crippen LogP contribution in [-0.4, -0.2) is 30.3 Å². The Morgan fingerprint density at radius 2 is 2.16 bits per heavy atom. The molecule has 1 aliphatic rings. The third kappa shape index (κ3) is 3.19. The summed E-state index contributed by atoms with van der Waals surface area (Å²) in [4.78, 5) is 24.3. The van der Waals surface area contributed by atoms with Crippen molar-refractivity contribution in [2.75, 3.05) is 5.32 Å². The SMILES string of the molecule is O=C(CCn1nc2ccccn2c1=O)Nc1cc(C2CCCC2)[nH]n1. The van der Waals surface area contributed by atoms with E-state index in [0.29, 0.717) is 17.4 Å². The van der Waals surface area contributed by atoms with Gasteiger partial charge in [-0.25, -0.2) is 9.48 Å². The van der Waals surface area contributed by atoms with Crippen LogP contribution >= 0.6 is 0 Å². The number of H-pyrrole nitrogens is 1. The van der Waals surface area contributed by atoms with Crippen LogP contribution in [0, 0.1) is 0 Å². The fraction of sp³-hybridized carbons (Fsp3) is 0.412. The van der Waals surface area contributed by atoms with Crippen molar-refractivity contribution < 1.29 is 4.79 Å². The molecule has 25 heavy (non-hydrogen) atoms. The molecule has 0 saturated heterocycles. The number of aryl methyl sites for hydroxylation is 1. The molecule has 0 bridgehead atoms. The van der Waals surface area contributed by atoms with Gasteiger partial charge in [0.15, 0.2) is 11.5 Å². The van der Waals surface area contributed by atoms with E-state index in [4.69, 9.17) is 0 Å². The minimum Gasteiger partial charge on any atom is -0.309 e. The zero-order valence-electron chi connectivity index (χ0n) is 13.8. The highest BCUT2D eigenvalue weighted by atomic mass is 16.2. The lowest BCUT2D eigenvalue weighted by molar-refractivity contribution is -0.116. The highest BCUT2D eigenvalue weighted by molar-refractivity contribution is 5.89. The summed E-state index contributed by atoms with van der Waals surface area (Å²) in [5.41, 5.74) is 1.41. The Hall–Kier alpha value is -2.90. The molecule has 0 unspecified atom stereocenters. The molecule has 3 aromatic rings. The lowest BCUT2D eigenvalue weighted by atomic mass is 10.0. The number of anilines is 1. The Balaban J connectivity index is 1.37. The van der Waals surface area contributed by atoms with E-state index in [9.17, 15) is 9.59 Å². The van der Waals surface area contributed by atoms with Gasteiger partial charge in [-0.3, -0.25) is 14.3 Å². The lowest BCUT2D eigenvalue weighted by Crippen LogP contribution is -2.24. The highest BCUT2D eigenvalue weighted by Crippen LogP contribution is 2.33. The first kappa shape index (κ1) is 15.6. The molecular formula is C17H20N6O2. The van der Waals surface area contributed by atoms with E-state index in [0.717, 1.165) is 5.69 Å². The predicted molar refractivity (Wildman–Crippen MR) is 92.5 cm³/mol. The van der Waals surface area contributed by atoms with Crippen LogP contribution in [0.5, 0.6) is 0 Å². The monoisotopic (exact) mass is 340 g/mol. The normalized spacial score (nSPS) is 15.0. The molecule has 0 aliphatic heterocycles. The van der Waals surface area contributed by atoms with E-state index in [1.807, 2.05) is 12.1 Å². The number of aromatic nitrogens is 5. The van der Waals surface area contributed by atoms with Crippen molar-refractivity contribution in [1.29, 1.82) is 0 Å². The van der Waals surface area contributed by atoms with E-state index in [1.165, 1.54) is 34.8 Å². The number of carbonyl (C=O) groups is 1. The Morgan fingerprint density at radius 1 is 1.32 bits per heavy atom. The number of carbonyl (C=O) groups excluding carboxylic acids is 1. The number of nitrogens with zero attached hydrogens (tertiary/aromatic N) is 4. The zero-order chi connectivity index (χ0) is 17.2. The van der Waals surface area contributed by atoms with Crippen LogP contribution < -0.4 is 11.0 Å². The summed E-state index contributed by atoms with van der Waals surface area (Å²) in [6, 6.07) is 7.25. The van der Waals surface area contributed by atoms with Gasteiger partial charge in [-0.15, -0.1) is 5.10 Å². The number of aromatic amines is 1. The van der Waals surface area contributed by atoms with Crippen molar-refractivity contribution in [3.05, 3.63) is 46.6 Å². The molecule has 0 atom stereocenters. The summed E-state index contributed by atoms with van der Waals surface area (Å²) in [7, 11) is 0. The van der Waals surface area contributed by atoms with Gasteiger partial charge in [-0.2, -0.15) is 5.10 Å². The standard InChI is InChI=1S/C17H20N6O2/c24-16(18-14-11-13(19-20-14)12-5-1-2-6-12)8-10-23-17(25)22-9-4-3-7-15(22)21-23/h3-4,7,9,11-12H,1-2,5-6,8,10H2,(H2,18,19,20,24). The molecule has 3 heterocycles. The lowest BCUT2D eigenvalue weighted by Gasteiger charge is -2.03. The fourth-order valence-corrected chi connectivity index (χ4v) is 3.37. The molecule has 130 valence electrons. The molecule has 0 spiro atoms. The van der Waals surface area contributed by atoms with Crippen molar-refractivity contribution in [2.45, 2.75) is 44.6 Å². The molecule has 8 heteroatoms. The van der Waals surface area contributed by atoms with Crippen molar-refractivity contribution >= 4 is 17.4 Å². The van der Waals surface area contributed by atoms with Gasteiger partial charge in [0.25, 0.3) is 0 Å². The number of nitrogens with one attached hydrogen (secondary N) is 2. The summed E-state index contributed by atoms with van der Waals surface area (Å²) < 4.78 is 2.77. The number of hydrogen-bond acceptors (Lipinski definition) is 4. The Kier molecular flexibility index (Phi) is 4.09. The molecule has 1 aliphatic carbocycles. The quantitative estimate of drug-likeness (QED) is 0.741. The van der Waals surface area contributed by atoms with E-state index in [1.54, 1.807) is 18.3 Å². The molecule has 1 saturated carbocycles. The Labute approximate surface area is 143 Å². The number of rotatable bonds is 5. The van der Waals surface area contributed by atoms with Crippen LogP contribution in [0.1, 0.15) is 43.7 Å². The van der Waals surface area contributed by atoms with Gasteiger partial charge in [0.2, 0.25) is 5.91 Å². The van der Waals surface area contributed by atoms with Gasteiger partial charge in [0, 0.05) is 30.3 Å². The Morgan fingerprint density at radius 3 is 2.96 bits per heavy atom. The number of pyridine rings is 1. The third-order valence-corrected chi connectivity index (χ3v) is 4.70. The molecule has 3 aromatic heterocycles. The van der Waals surface area contributed by atoms with E-state index >= 15 is 0 Å². The molecule has 1 amide bonds. The van der Waals surface area contributed by atoms with Gasteiger partial charge in [0.05, 0.1) is 6.54 Å². The third-order valence-electron chi connectivity index (χ3n) is 4.70. The van der Waals surface area contributed by atoms with Gasteiger partial charge < -0.3 is 5.32 Å². The van der Waals surface area contributed by atoms with Crippen molar-refractivity contribution in [3.8, 4) is 0 Å². The smallest absolute Gasteiger partial charge is 0.309 e. The van der Waals surface area contributed by atoms with Gasteiger partial charge in [-0.05, 0) is 25.0 Å². The second-order valence-corrected chi connectivity index (χ2v) is 6.42. The molecule has 1 fully saturated rings. The average molecular weight is 340 g/mol. The number of hydrogen-bond donors (Lipinski definition) is 2. The summed E-state index contributed by atoms with van der Waals surface area (Å²) in [6.45, 7) is 0.228. The second-order valence-electron chi connectivity index (χ2n) is 6.42. The van der Waals surface area contributed by atoms with Crippen LogP contribution in [0.15, 0.2) is 35.3 Å². The van der Waals surface area contributed by atoms with E-state index in [2.05, 4.69) is 20.6 Å². The molecule has 8 nitrogen and oxygen atoms in total. The van der Waals surface area contributed by atoms with E-state index < -0.39 is 0 Å². The maximum Gasteiger partial charge on any atom is 0.350 e. The predicted octanol–water partition coefficient (Wildman–Crippen LogP) is 1.91. The van der Waals surface area contributed by atoms with Crippen LogP contribution in [0.3, 0.4) is 0 Å². The zero-order valence-corrected chi connectivity index (χ0v) is 13.8. The first-order valence-electron chi connectivity index (χ1n) is 8.60. The van der Waals surface area contributed by atoms with Crippen molar-refractivity contribution in [1.82, 2.24) is 24.4 Å². The van der Waals surface area contributed by atoms with Crippen LogP contribution in [-0.2, 0) is 11.3 Å².